The number of nitrogens with zero attached hydrogens (tertiary/aromatic N) is 2. The molecule has 0 spiro atoms. The zero-order chi connectivity index (χ0) is 36.8. The third kappa shape index (κ3) is 4.72. The highest BCUT2D eigenvalue weighted by Gasteiger charge is 2.70. The molecule has 2 heterocycles. The molecule has 0 radical (unpaired) electrons. The molecule has 9 rings (SSSR count). The van der Waals surface area contributed by atoms with Crippen LogP contribution in [0.1, 0.15) is 29.9 Å². The number of benzene rings is 5. The normalized spacial score (nSPS) is 26.4. The lowest BCUT2D eigenvalue weighted by Gasteiger charge is -2.50. The van der Waals surface area contributed by atoms with E-state index >= 15 is 4.79 Å². The van der Waals surface area contributed by atoms with Crippen molar-refractivity contribution >= 4 is 70.0 Å². The first-order valence-corrected chi connectivity index (χ1v) is 17.9. The minimum absolute atomic E-state index is 0.0258. The second-order valence-corrected chi connectivity index (χ2v) is 14.7. The molecule has 4 amide bonds. The van der Waals surface area contributed by atoms with Crippen LogP contribution in [0.4, 0.5) is 11.4 Å². The number of amides is 4. The topological polar surface area (TPSA) is 135 Å². The van der Waals surface area contributed by atoms with Gasteiger partial charge in [0.1, 0.15) is 5.75 Å². The van der Waals surface area contributed by atoms with Crippen molar-refractivity contribution < 1.29 is 34.3 Å². The number of imide groups is 2. The van der Waals surface area contributed by atoms with Gasteiger partial charge in [-0.3, -0.25) is 24.1 Å². The first-order valence-electron chi connectivity index (χ1n) is 17.6. The summed E-state index contributed by atoms with van der Waals surface area (Å²) in [4.78, 5) is 61.5. The van der Waals surface area contributed by atoms with Crippen LogP contribution < -0.4 is 15.3 Å². The van der Waals surface area contributed by atoms with Gasteiger partial charge in [0, 0.05) is 21.9 Å². The molecular formula is C42H32BClN2O7. The molecule has 2 saturated heterocycles. The summed E-state index contributed by atoms with van der Waals surface area (Å²) in [5.41, 5.74) is 0.892. The van der Waals surface area contributed by atoms with Gasteiger partial charge in [0.2, 0.25) is 23.6 Å². The average molecular weight is 723 g/mol. The van der Waals surface area contributed by atoms with Gasteiger partial charge in [-0.25, -0.2) is 4.90 Å². The molecule has 53 heavy (non-hydrogen) atoms. The Labute approximate surface area is 309 Å². The molecule has 0 aromatic heterocycles. The zero-order valence-electron chi connectivity index (χ0n) is 28.2. The van der Waals surface area contributed by atoms with Crippen LogP contribution in [0.3, 0.4) is 0 Å². The smallest absolute Gasteiger partial charge is 0.488 e. The monoisotopic (exact) mass is 722 g/mol. The molecule has 262 valence electrons. The van der Waals surface area contributed by atoms with E-state index in [1.807, 2.05) is 60.7 Å². The second-order valence-electron chi connectivity index (χ2n) is 14.3. The van der Waals surface area contributed by atoms with E-state index in [1.165, 1.54) is 17.0 Å². The van der Waals surface area contributed by atoms with Crippen LogP contribution in [0.25, 0.3) is 10.8 Å². The molecule has 0 unspecified atom stereocenters. The van der Waals surface area contributed by atoms with E-state index in [0.29, 0.717) is 32.8 Å². The second kappa shape index (κ2) is 12.3. The predicted molar refractivity (Wildman–Crippen MR) is 200 cm³/mol. The molecule has 5 aromatic rings. The third-order valence-electron chi connectivity index (χ3n) is 11.8. The third-order valence-corrected chi connectivity index (χ3v) is 12.1. The number of anilines is 2. The Morgan fingerprint density at radius 1 is 0.717 bits per heavy atom. The highest BCUT2D eigenvalue weighted by Crippen LogP contribution is 2.65. The number of allylic oxidation sites excluding steroid dienone is 2. The van der Waals surface area contributed by atoms with Crippen molar-refractivity contribution in [2.24, 2.45) is 23.7 Å². The fourth-order valence-electron chi connectivity index (χ4n) is 9.67. The van der Waals surface area contributed by atoms with Crippen molar-refractivity contribution in [1.29, 1.82) is 0 Å². The molecule has 1 saturated carbocycles. The number of phenols is 1. The summed E-state index contributed by atoms with van der Waals surface area (Å²) in [6.07, 6.45) is 2.23. The molecule has 5 aromatic carbocycles. The maximum Gasteiger partial charge on any atom is 0.488 e. The van der Waals surface area contributed by atoms with Crippen molar-refractivity contribution in [3.63, 3.8) is 0 Å². The van der Waals surface area contributed by atoms with Crippen molar-refractivity contribution in [2.45, 2.75) is 24.2 Å². The zero-order valence-corrected chi connectivity index (χ0v) is 28.9. The Hall–Kier alpha value is -5.55. The molecule has 6 atom stereocenters. The van der Waals surface area contributed by atoms with E-state index in [2.05, 4.69) is 0 Å². The number of halogens is 1. The lowest BCUT2D eigenvalue weighted by atomic mass is 9.49. The number of phenolic OH excluding ortho intramolecular Hbond substituents is 1. The average Bonchev–Trinajstić information content (AvgIpc) is 3.56. The van der Waals surface area contributed by atoms with Gasteiger partial charge in [-0.15, -0.1) is 0 Å². The molecule has 2 aliphatic heterocycles. The van der Waals surface area contributed by atoms with E-state index in [0.717, 1.165) is 10.3 Å². The fourth-order valence-corrected chi connectivity index (χ4v) is 9.86. The lowest BCUT2D eigenvalue weighted by molar-refractivity contribution is -0.127. The van der Waals surface area contributed by atoms with Crippen LogP contribution in [0, 0.1) is 23.7 Å². The summed E-state index contributed by atoms with van der Waals surface area (Å²) >= 11 is 6.41. The highest BCUT2D eigenvalue weighted by molar-refractivity contribution is 6.58. The summed E-state index contributed by atoms with van der Waals surface area (Å²) in [6.45, 7) is 0. The van der Waals surface area contributed by atoms with E-state index in [1.54, 1.807) is 48.5 Å². The van der Waals surface area contributed by atoms with Crippen molar-refractivity contribution in [1.82, 2.24) is 0 Å². The first kappa shape index (κ1) is 33.3. The molecule has 2 aliphatic carbocycles. The molecule has 3 fully saturated rings. The molecule has 4 aliphatic rings. The molecule has 9 nitrogen and oxygen atoms in total. The Bertz CT molecular complexity index is 2420. The van der Waals surface area contributed by atoms with Gasteiger partial charge in [0.05, 0.1) is 34.5 Å². The fraction of sp³-hybridized carbons (Fsp3) is 0.190. The minimum atomic E-state index is -1.80. The van der Waals surface area contributed by atoms with Crippen LogP contribution in [0.15, 0.2) is 127 Å². The number of hydrogen-bond donors (Lipinski definition) is 3. The number of hydrogen-bond acceptors (Lipinski definition) is 7. The Kier molecular flexibility index (Phi) is 7.71. The standard InChI is InChI=1S/C42H32BClN2O7/c44-26-12-7-14-28(21-26)46-39(49)34-22-33-30(18-19-31-35(33)40(50)45(38(31)48)27-13-6-11-25(20-27)43(52)53)36(42(34,41(46)51)24-9-2-1-3-10-24)32-17-16-23-8-4-5-15-29(23)37(32)47/h1-18,20-21,31,33-36,47,52-53H,19,22H2/t31-,33+,34-,35-,36+,42+/m0/s1. The summed E-state index contributed by atoms with van der Waals surface area (Å²) in [5, 5.41) is 33.6. The van der Waals surface area contributed by atoms with Gasteiger partial charge in [-0.1, -0.05) is 108 Å². The quantitative estimate of drug-likeness (QED) is 0.128. The number of carbonyl (C=O) groups excluding carboxylic acids is 4. The van der Waals surface area contributed by atoms with Gasteiger partial charge in [0.15, 0.2) is 0 Å². The number of carbonyl (C=O) groups is 4. The van der Waals surface area contributed by atoms with Crippen LogP contribution in [-0.2, 0) is 24.6 Å². The number of fused-ring (bicyclic) bond motifs is 5. The van der Waals surface area contributed by atoms with E-state index in [-0.39, 0.29) is 29.7 Å². The van der Waals surface area contributed by atoms with Crippen LogP contribution in [0.2, 0.25) is 5.02 Å². The van der Waals surface area contributed by atoms with Gasteiger partial charge in [0.25, 0.3) is 0 Å². The van der Waals surface area contributed by atoms with Crippen LogP contribution >= 0.6 is 11.6 Å². The van der Waals surface area contributed by atoms with Crippen LogP contribution in [0.5, 0.6) is 5.75 Å². The summed E-state index contributed by atoms with van der Waals surface area (Å²) in [5.74, 6) is -5.96. The van der Waals surface area contributed by atoms with Crippen molar-refractivity contribution in [3.8, 4) is 5.75 Å². The molecule has 3 N–H and O–H groups in total. The Morgan fingerprint density at radius 2 is 1.43 bits per heavy atom. The van der Waals surface area contributed by atoms with Crippen molar-refractivity contribution in [2.75, 3.05) is 9.80 Å². The van der Waals surface area contributed by atoms with Gasteiger partial charge in [-0.05, 0) is 65.5 Å². The van der Waals surface area contributed by atoms with E-state index in [9.17, 15) is 29.5 Å². The lowest BCUT2D eigenvalue weighted by Crippen LogP contribution is -2.53. The Morgan fingerprint density at radius 3 is 2.19 bits per heavy atom. The highest BCUT2D eigenvalue weighted by atomic mass is 35.5. The summed E-state index contributed by atoms with van der Waals surface area (Å²) in [7, 11) is -1.80. The van der Waals surface area contributed by atoms with Crippen molar-refractivity contribution in [3.05, 3.63) is 143 Å². The molecular weight excluding hydrogens is 691 g/mol. The minimum Gasteiger partial charge on any atom is -0.507 e. The number of aromatic hydroxyl groups is 1. The predicted octanol–water partition coefficient (Wildman–Crippen LogP) is 5.25. The molecule has 0 bridgehead atoms. The Balaban J connectivity index is 1.28. The van der Waals surface area contributed by atoms with E-state index in [4.69, 9.17) is 11.6 Å². The van der Waals surface area contributed by atoms with Gasteiger partial charge < -0.3 is 15.2 Å². The molecule has 11 heteroatoms. The number of rotatable bonds is 5. The summed E-state index contributed by atoms with van der Waals surface area (Å²) < 4.78 is 0. The largest absolute Gasteiger partial charge is 0.507 e. The van der Waals surface area contributed by atoms with Crippen LogP contribution in [-0.4, -0.2) is 45.9 Å². The SMILES string of the molecule is O=C1[C@H]2[C@H](CC=C3[C@H]2C[C@H]2C(=O)N(c4cccc(Cl)c4)C(=O)[C@@]2(c2ccccc2)[C@H]3c2ccc3ccccc3c2O)C(=O)N1c1cccc(B(O)O)c1. The summed E-state index contributed by atoms with van der Waals surface area (Å²) in [6, 6.07) is 32.9. The maximum absolute atomic E-state index is 15.5. The maximum atomic E-state index is 15.5. The first-order chi connectivity index (χ1) is 25.6. The van der Waals surface area contributed by atoms with E-state index < -0.39 is 65.8 Å². The van der Waals surface area contributed by atoms with Gasteiger partial charge in [-0.2, -0.15) is 0 Å². The van der Waals surface area contributed by atoms with Gasteiger partial charge >= 0.3 is 7.12 Å².